The fraction of sp³-hybridized carbons (Fsp3) is 0.485. The van der Waals surface area contributed by atoms with E-state index in [0.717, 1.165) is 31.9 Å². The van der Waals surface area contributed by atoms with Crippen molar-refractivity contribution in [3.63, 3.8) is 0 Å². The number of rotatable bonds is 5. The third-order valence-corrected chi connectivity index (χ3v) is 8.98. The van der Waals surface area contributed by atoms with Gasteiger partial charge in [0.25, 0.3) is 5.91 Å². The van der Waals surface area contributed by atoms with Gasteiger partial charge in [-0.2, -0.15) is 0 Å². The van der Waals surface area contributed by atoms with Gasteiger partial charge in [-0.3, -0.25) is 9.69 Å². The molecular weight excluding hydrogens is 456 g/mol. The fourth-order valence-electron chi connectivity index (χ4n) is 6.14. The third kappa shape index (κ3) is 5.13. The standard InChI is InChI=1S/C33H42N2O2/c1-23-20-28-29(33(5,6)15-14-32(28,3)4)22-26(23)21-27-12-13-30(37-27)31(36)35-18-16-34(17-19-35)24(2)25-10-8-7-9-11-25/h7-13,20,22,24H,14-19,21H2,1-6H3. The van der Waals surface area contributed by atoms with Gasteiger partial charge in [-0.05, 0) is 77.5 Å². The lowest BCUT2D eigenvalue weighted by Gasteiger charge is -2.42. The Hall–Kier alpha value is -2.85. The van der Waals surface area contributed by atoms with Gasteiger partial charge in [0.05, 0.1) is 0 Å². The second-order valence-corrected chi connectivity index (χ2v) is 12.4. The van der Waals surface area contributed by atoms with Crippen LogP contribution < -0.4 is 0 Å². The second-order valence-electron chi connectivity index (χ2n) is 12.4. The van der Waals surface area contributed by atoms with Crippen LogP contribution in [0.3, 0.4) is 0 Å². The molecule has 0 radical (unpaired) electrons. The van der Waals surface area contributed by atoms with Crippen molar-refractivity contribution in [3.05, 3.63) is 93.9 Å². The number of aryl methyl sites for hydroxylation is 1. The number of benzene rings is 2. The number of hydrogen-bond acceptors (Lipinski definition) is 3. The summed E-state index contributed by atoms with van der Waals surface area (Å²) in [5.74, 6) is 1.32. The summed E-state index contributed by atoms with van der Waals surface area (Å²) >= 11 is 0. The van der Waals surface area contributed by atoms with Crippen molar-refractivity contribution in [1.29, 1.82) is 0 Å². The van der Waals surface area contributed by atoms with Crippen LogP contribution in [-0.4, -0.2) is 41.9 Å². The van der Waals surface area contributed by atoms with Gasteiger partial charge in [0.2, 0.25) is 0 Å². The Morgan fingerprint density at radius 1 is 0.892 bits per heavy atom. The van der Waals surface area contributed by atoms with Crippen molar-refractivity contribution < 1.29 is 9.21 Å². The maximum absolute atomic E-state index is 13.2. The molecule has 196 valence electrons. The number of furan rings is 1. The fourth-order valence-corrected chi connectivity index (χ4v) is 6.14. The number of hydrogen-bond donors (Lipinski definition) is 0. The van der Waals surface area contributed by atoms with E-state index < -0.39 is 0 Å². The topological polar surface area (TPSA) is 36.7 Å². The molecule has 4 heteroatoms. The van der Waals surface area contributed by atoms with E-state index in [4.69, 9.17) is 4.42 Å². The Kier molecular flexibility index (Phi) is 6.83. The molecule has 1 aliphatic heterocycles. The molecule has 0 saturated carbocycles. The van der Waals surface area contributed by atoms with Crippen LogP contribution in [0.2, 0.25) is 0 Å². The predicted octanol–water partition coefficient (Wildman–Crippen LogP) is 7.05. The summed E-state index contributed by atoms with van der Waals surface area (Å²) in [6.45, 7) is 17.1. The van der Waals surface area contributed by atoms with Crippen molar-refractivity contribution in [2.75, 3.05) is 26.2 Å². The number of carbonyl (C=O) groups is 1. The van der Waals surface area contributed by atoms with Gasteiger partial charge in [-0.25, -0.2) is 0 Å². The molecule has 4 nitrogen and oxygen atoms in total. The molecule has 1 aromatic heterocycles. The molecule has 2 aromatic carbocycles. The smallest absolute Gasteiger partial charge is 0.289 e. The van der Waals surface area contributed by atoms with Crippen LogP contribution >= 0.6 is 0 Å². The maximum Gasteiger partial charge on any atom is 0.289 e. The predicted molar refractivity (Wildman–Crippen MR) is 150 cm³/mol. The molecule has 2 heterocycles. The largest absolute Gasteiger partial charge is 0.456 e. The summed E-state index contributed by atoms with van der Waals surface area (Å²) in [6.07, 6.45) is 3.13. The average Bonchev–Trinajstić information content (AvgIpc) is 3.36. The first kappa shape index (κ1) is 25.8. The summed E-state index contributed by atoms with van der Waals surface area (Å²) in [4.78, 5) is 17.6. The highest BCUT2D eigenvalue weighted by Gasteiger charge is 2.37. The van der Waals surface area contributed by atoms with Crippen LogP contribution in [0.15, 0.2) is 59.0 Å². The highest BCUT2D eigenvalue weighted by molar-refractivity contribution is 5.91. The summed E-state index contributed by atoms with van der Waals surface area (Å²) in [7, 11) is 0. The van der Waals surface area contributed by atoms with Gasteiger partial charge in [-0.1, -0.05) is 70.2 Å². The Morgan fingerprint density at radius 3 is 2.16 bits per heavy atom. The van der Waals surface area contributed by atoms with Crippen molar-refractivity contribution >= 4 is 5.91 Å². The molecule has 1 saturated heterocycles. The highest BCUT2D eigenvalue weighted by Crippen LogP contribution is 2.46. The molecule has 0 N–H and O–H groups in total. The lowest BCUT2D eigenvalue weighted by Crippen LogP contribution is -2.49. The first-order valence-corrected chi connectivity index (χ1v) is 13.9. The molecule has 1 fully saturated rings. The van der Waals surface area contributed by atoms with Crippen LogP contribution in [-0.2, 0) is 17.3 Å². The van der Waals surface area contributed by atoms with E-state index >= 15 is 0 Å². The Bertz CT molecular complexity index is 1260. The maximum atomic E-state index is 13.2. The summed E-state index contributed by atoms with van der Waals surface area (Å²) in [5, 5.41) is 0. The highest BCUT2D eigenvalue weighted by atomic mass is 16.4. The van der Waals surface area contributed by atoms with Crippen LogP contribution in [0.1, 0.15) is 97.6 Å². The molecule has 1 unspecified atom stereocenters. The first-order valence-electron chi connectivity index (χ1n) is 13.9. The molecule has 5 rings (SSSR count). The SMILES string of the molecule is Cc1cc2c(cc1Cc1ccc(C(=O)N3CCN(C(C)c4ccccc4)CC3)o1)C(C)(C)CCC2(C)C. The van der Waals surface area contributed by atoms with E-state index in [9.17, 15) is 4.79 Å². The zero-order chi connectivity index (χ0) is 26.4. The van der Waals surface area contributed by atoms with E-state index in [1.807, 2.05) is 17.0 Å². The minimum absolute atomic E-state index is 0.00306. The van der Waals surface area contributed by atoms with E-state index in [-0.39, 0.29) is 16.7 Å². The van der Waals surface area contributed by atoms with Gasteiger partial charge in [0.15, 0.2) is 5.76 Å². The number of carbonyl (C=O) groups excluding carboxylic acids is 1. The van der Waals surface area contributed by atoms with Gasteiger partial charge in [0.1, 0.15) is 5.76 Å². The minimum atomic E-state index is 0.00306. The van der Waals surface area contributed by atoms with Crippen molar-refractivity contribution in [2.45, 2.75) is 77.7 Å². The zero-order valence-corrected chi connectivity index (χ0v) is 23.4. The summed E-state index contributed by atoms with van der Waals surface area (Å²) < 4.78 is 6.13. The lowest BCUT2D eigenvalue weighted by molar-refractivity contribution is 0.0551. The Labute approximate surface area is 222 Å². The van der Waals surface area contributed by atoms with E-state index in [0.29, 0.717) is 18.2 Å². The molecule has 1 atom stereocenters. The molecular formula is C33H42N2O2. The zero-order valence-electron chi connectivity index (χ0n) is 23.4. The van der Waals surface area contributed by atoms with E-state index in [2.05, 4.69) is 88.9 Å². The lowest BCUT2D eigenvalue weighted by atomic mass is 9.62. The molecule has 2 aliphatic rings. The van der Waals surface area contributed by atoms with Crippen molar-refractivity contribution in [3.8, 4) is 0 Å². The Morgan fingerprint density at radius 2 is 1.51 bits per heavy atom. The van der Waals surface area contributed by atoms with E-state index in [1.165, 1.54) is 40.7 Å². The molecule has 3 aromatic rings. The minimum Gasteiger partial charge on any atom is -0.456 e. The van der Waals surface area contributed by atoms with Crippen LogP contribution in [0.4, 0.5) is 0 Å². The summed E-state index contributed by atoms with van der Waals surface area (Å²) in [5.41, 5.74) is 7.26. The molecule has 1 aliphatic carbocycles. The van der Waals surface area contributed by atoms with Gasteiger partial charge < -0.3 is 9.32 Å². The number of piperazine rings is 1. The first-order chi connectivity index (χ1) is 17.5. The van der Waals surface area contributed by atoms with Gasteiger partial charge in [-0.15, -0.1) is 0 Å². The van der Waals surface area contributed by atoms with Crippen LogP contribution in [0.5, 0.6) is 0 Å². The van der Waals surface area contributed by atoms with Crippen LogP contribution in [0, 0.1) is 6.92 Å². The van der Waals surface area contributed by atoms with Gasteiger partial charge in [0, 0.05) is 38.6 Å². The van der Waals surface area contributed by atoms with E-state index in [1.54, 1.807) is 0 Å². The third-order valence-electron chi connectivity index (χ3n) is 8.98. The number of amides is 1. The Balaban J connectivity index is 1.26. The molecule has 0 bridgehead atoms. The van der Waals surface area contributed by atoms with Crippen LogP contribution in [0.25, 0.3) is 0 Å². The normalized spacial score (nSPS) is 19.9. The monoisotopic (exact) mass is 498 g/mol. The summed E-state index contributed by atoms with van der Waals surface area (Å²) in [6, 6.07) is 19.6. The molecule has 37 heavy (non-hydrogen) atoms. The quantitative estimate of drug-likeness (QED) is 0.378. The second kappa shape index (κ2) is 9.79. The molecule has 1 amide bonds. The van der Waals surface area contributed by atoms with Crippen molar-refractivity contribution in [2.24, 2.45) is 0 Å². The number of nitrogens with zero attached hydrogens (tertiary/aromatic N) is 2. The average molecular weight is 499 g/mol. The molecule has 0 spiro atoms. The number of fused-ring (bicyclic) bond motifs is 1. The van der Waals surface area contributed by atoms with Crippen molar-refractivity contribution in [1.82, 2.24) is 9.80 Å². The van der Waals surface area contributed by atoms with Gasteiger partial charge >= 0.3 is 0 Å².